The maximum atomic E-state index is 3.67. The molecule has 8 aromatic carbocycles. The van der Waals surface area contributed by atoms with Gasteiger partial charge in [-0.15, -0.1) is 11.8 Å². The number of aromatic amines is 1. The number of thioether (sulfide) groups is 1. The van der Waals surface area contributed by atoms with Crippen molar-refractivity contribution < 1.29 is 0 Å². The van der Waals surface area contributed by atoms with Crippen LogP contribution in [0, 0.1) is 0 Å². The summed E-state index contributed by atoms with van der Waals surface area (Å²) in [5.74, 6) is 0.461. The number of para-hydroxylation sites is 1. The number of rotatable bonds is 3. The molecule has 0 fully saturated rings. The van der Waals surface area contributed by atoms with Crippen LogP contribution in [0.25, 0.3) is 87.5 Å². The highest BCUT2D eigenvalue weighted by molar-refractivity contribution is 8.00. The molecule has 0 saturated carbocycles. The van der Waals surface area contributed by atoms with Crippen molar-refractivity contribution in [2.45, 2.75) is 16.1 Å². The van der Waals surface area contributed by atoms with Gasteiger partial charge in [0.1, 0.15) is 0 Å². The Bertz CT molecular complexity index is 2890. The average Bonchev–Trinajstić information content (AvgIpc) is 3.75. The van der Waals surface area contributed by atoms with Crippen LogP contribution in [-0.2, 0) is 0 Å². The molecule has 2 heterocycles. The fourth-order valence-corrected chi connectivity index (χ4v) is 9.85. The minimum absolute atomic E-state index is 0.461. The lowest BCUT2D eigenvalue weighted by molar-refractivity contribution is 0.881. The zero-order valence-electron chi connectivity index (χ0n) is 27.2. The molecule has 1 aliphatic heterocycles. The van der Waals surface area contributed by atoms with Crippen molar-refractivity contribution in [1.82, 2.24) is 4.98 Å². The first-order valence-electron chi connectivity index (χ1n) is 17.4. The third-order valence-electron chi connectivity index (χ3n) is 10.9. The molecule has 2 unspecified atom stereocenters. The summed E-state index contributed by atoms with van der Waals surface area (Å²) in [6, 6.07) is 54.4. The Hall–Kier alpha value is -5.83. The van der Waals surface area contributed by atoms with E-state index in [2.05, 4.69) is 175 Å². The Morgan fingerprint density at radius 2 is 0.900 bits per heavy atom. The summed E-state index contributed by atoms with van der Waals surface area (Å²) in [6.07, 6.45) is 9.09. The molecule has 9 aromatic rings. The van der Waals surface area contributed by atoms with E-state index in [1.807, 2.05) is 11.8 Å². The SMILES string of the molecule is C1=CC2Sc3cc(-c4cc(-c5ccc6c(c5)[nH]c5ccccc56)cc(-c5ccc6c7ccccc7c7ccccc7c6c5)c4)ccc3C2C=C1. The van der Waals surface area contributed by atoms with Gasteiger partial charge in [-0.2, -0.15) is 0 Å². The maximum absolute atomic E-state index is 3.67. The predicted octanol–water partition coefficient (Wildman–Crippen LogP) is 13.5. The van der Waals surface area contributed by atoms with Crippen LogP contribution >= 0.6 is 11.8 Å². The number of hydrogen-bond acceptors (Lipinski definition) is 1. The Morgan fingerprint density at radius 1 is 0.380 bits per heavy atom. The van der Waals surface area contributed by atoms with Gasteiger partial charge in [-0.3, -0.25) is 0 Å². The van der Waals surface area contributed by atoms with E-state index in [9.17, 15) is 0 Å². The predicted molar refractivity (Wildman–Crippen MR) is 215 cm³/mol. The quantitative estimate of drug-likeness (QED) is 0.188. The number of nitrogens with one attached hydrogen (secondary N) is 1. The molecule has 0 saturated heterocycles. The molecule has 2 atom stereocenters. The summed E-state index contributed by atoms with van der Waals surface area (Å²) >= 11 is 1.99. The molecule has 2 heteroatoms. The van der Waals surface area contributed by atoms with Gasteiger partial charge in [0.25, 0.3) is 0 Å². The van der Waals surface area contributed by atoms with Gasteiger partial charge in [-0.25, -0.2) is 0 Å². The highest BCUT2D eigenvalue weighted by Gasteiger charge is 2.31. The van der Waals surface area contributed by atoms with Crippen LogP contribution in [0.3, 0.4) is 0 Å². The third kappa shape index (κ3) is 4.28. The number of hydrogen-bond donors (Lipinski definition) is 1. The van der Waals surface area contributed by atoms with Crippen LogP contribution in [0.4, 0.5) is 0 Å². The molecule has 1 aliphatic carbocycles. The van der Waals surface area contributed by atoms with E-state index in [1.165, 1.54) is 92.4 Å². The molecule has 234 valence electrons. The van der Waals surface area contributed by atoms with Gasteiger partial charge in [0.05, 0.1) is 0 Å². The van der Waals surface area contributed by atoms with Crippen molar-refractivity contribution in [2.24, 2.45) is 0 Å². The van der Waals surface area contributed by atoms with Crippen molar-refractivity contribution in [3.8, 4) is 33.4 Å². The lowest BCUT2D eigenvalue weighted by atomic mass is 9.88. The standard InChI is InChI=1S/C48H31NS/c1-2-11-37-35(9-1)36-10-3-4-12-38(36)44-26-29(17-20-39(37)44)32-23-33(30-18-21-41-40-13-5-7-15-45(40)49-46(41)27-30)25-34(24-32)31-19-22-43-42-14-6-8-16-47(42)50-48(43)28-31/h1-28,42,47,49H. The van der Waals surface area contributed by atoms with Gasteiger partial charge < -0.3 is 4.98 Å². The van der Waals surface area contributed by atoms with Crippen molar-refractivity contribution in [3.63, 3.8) is 0 Å². The largest absolute Gasteiger partial charge is 0.354 e. The van der Waals surface area contributed by atoms with Crippen molar-refractivity contribution >= 4 is 65.9 Å². The topological polar surface area (TPSA) is 15.8 Å². The molecule has 50 heavy (non-hydrogen) atoms. The van der Waals surface area contributed by atoms with Crippen LogP contribution in [0.5, 0.6) is 0 Å². The summed E-state index contributed by atoms with van der Waals surface area (Å²) in [6.45, 7) is 0. The molecule has 11 rings (SSSR count). The Kier molecular flexibility index (Phi) is 6.08. The number of benzene rings is 8. The van der Waals surface area contributed by atoms with Gasteiger partial charge in [0.15, 0.2) is 0 Å². The summed E-state index contributed by atoms with van der Waals surface area (Å²) < 4.78 is 0. The molecule has 2 aliphatic rings. The first-order valence-corrected chi connectivity index (χ1v) is 18.3. The molecule has 1 aromatic heterocycles. The highest BCUT2D eigenvalue weighted by Crippen LogP contribution is 2.49. The monoisotopic (exact) mass is 653 g/mol. The number of allylic oxidation sites excluding steroid dienone is 3. The summed E-state index contributed by atoms with van der Waals surface area (Å²) in [5, 5.41) is 10.8. The van der Waals surface area contributed by atoms with E-state index in [1.54, 1.807) is 0 Å². The molecule has 0 bridgehead atoms. The normalized spacial score (nSPS) is 16.6. The fourth-order valence-electron chi connectivity index (χ4n) is 8.47. The minimum Gasteiger partial charge on any atom is -0.354 e. The summed E-state index contributed by atoms with van der Waals surface area (Å²) in [5.41, 5.74) is 11.2. The van der Waals surface area contributed by atoms with Crippen LogP contribution in [-0.4, -0.2) is 10.2 Å². The first-order chi connectivity index (χ1) is 24.7. The lowest BCUT2D eigenvalue weighted by Crippen LogP contribution is -2.06. The summed E-state index contributed by atoms with van der Waals surface area (Å²) in [7, 11) is 0. The second kappa shape index (κ2) is 10.8. The van der Waals surface area contributed by atoms with Gasteiger partial charge in [0.2, 0.25) is 0 Å². The van der Waals surface area contributed by atoms with Gasteiger partial charge in [-0.05, 0) is 114 Å². The van der Waals surface area contributed by atoms with Crippen LogP contribution in [0.1, 0.15) is 11.5 Å². The third-order valence-corrected chi connectivity index (χ3v) is 12.2. The summed E-state index contributed by atoms with van der Waals surface area (Å²) in [4.78, 5) is 5.06. The lowest BCUT2D eigenvalue weighted by Gasteiger charge is -2.15. The zero-order chi connectivity index (χ0) is 32.8. The minimum atomic E-state index is 0.461. The van der Waals surface area contributed by atoms with Crippen molar-refractivity contribution in [3.05, 3.63) is 175 Å². The molecular weight excluding hydrogens is 623 g/mol. The van der Waals surface area contributed by atoms with Gasteiger partial charge >= 0.3 is 0 Å². The second-order valence-corrected chi connectivity index (χ2v) is 14.9. The maximum Gasteiger partial charge on any atom is 0.0471 e. The van der Waals surface area contributed by atoms with E-state index in [4.69, 9.17) is 0 Å². The number of fused-ring (bicyclic) bond motifs is 12. The molecule has 0 spiro atoms. The van der Waals surface area contributed by atoms with E-state index in [0.717, 1.165) is 5.52 Å². The zero-order valence-corrected chi connectivity index (χ0v) is 28.0. The van der Waals surface area contributed by atoms with E-state index >= 15 is 0 Å². The highest BCUT2D eigenvalue weighted by atomic mass is 32.2. The smallest absolute Gasteiger partial charge is 0.0471 e. The fraction of sp³-hybridized carbons (Fsp3) is 0.0417. The Balaban J connectivity index is 1.12. The number of H-pyrrole nitrogens is 1. The first kappa shape index (κ1) is 28.1. The van der Waals surface area contributed by atoms with Gasteiger partial charge in [0, 0.05) is 37.9 Å². The second-order valence-electron chi connectivity index (χ2n) is 13.7. The van der Waals surface area contributed by atoms with Crippen molar-refractivity contribution in [1.29, 1.82) is 0 Å². The van der Waals surface area contributed by atoms with Crippen molar-refractivity contribution in [2.75, 3.05) is 0 Å². The van der Waals surface area contributed by atoms with E-state index in [0.29, 0.717) is 11.2 Å². The molecule has 0 amide bonds. The van der Waals surface area contributed by atoms with Crippen LogP contribution in [0.15, 0.2) is 175 Å². The Morgan fingerprint density at radius 3 is 1.62 bits per heavy atom. The molecule has 1 nitrogen and oxygen atoms in total. The molecular formula is C48H31NS. The van der Waals surface area contributed by atoms with E-state index < -0.39 is 0 Å². The van der Waals surface area contributed by atoms with Gasteiger partial charge in [-0.1, -0.05) is 127 Å². The van der Waals surface area contributed by atoms with E-state index in [-0.39, 0.29) is 0 Å². The Labute approximate surface area is 294 Å². The molecule has 0 radical (unpaired) electrons. The van der Waals surface area contributed by atoms with Crippen LogP contribution < -0.4 is 0 Å². The average molecular weight is 654 g/mol. The molecule has 1 N–H and O–H groups in total. The van der Waals surface area contributed by atoms with Crippen LogP contribution in [0.2, 0.25) is 0 Å². The number of aromatic nitrogens is 1.